The molecule has 0 radical (unpaired) electrons. The zero-order valence-electron chi connectivity index (χ0n) is 12.4. The van der Waals surface area contributed by atoms with Gasteiger partial charge in [-0.05, 0) is 24.0 Å². The summed E-state index contributed by atoms with van der Waals surface area (Å²) in [5, 5.41) is 22.8. The van der Waals surface area contributed by atoms with Gasteiger partial charge in [0, 0.05) is 11.6 Å². The molecule has 0 aliphatic carbocycles. The average molecular weight is 295 g/mol. The molecular weight excluding hydrogens is 274 g/mol. The highest BCUT2D eigenvalue weighted by Gasteiger charge is 2.22. The molecule has 1 rings (SSSR count). The van der Waals surface area contributed by atoms with Gasteiger partial charge in [0.25, 0.3) is 11.6 Å². The van der Waals surface area contributed by atoms with Crippen LogP contribution in [-0.4, -0.2) is 28.6 Å². The Kier molecular flexibility index (Phi) is 5.26. The zero-order chi connectivity index (χ0) is 16.2. The highest BCUT2D eigenvalue weighted by Crippen LogP contribution is 2.23. The lowest BCUT2D eigenvalue weighted by Crippen LogP contribution is -2.40. The van der Waals surface area contributed by atoms with Gasteiger partial charge < -0.3 is 16.2 Å². The number of nitrogen functional groups attached to an aromatic ring is 1. The number of aliphatic hydroxyl groups is 1. The van der Waals surface area contributed by atoms with E-state index in [2.05, 4.69) is 5.32 Å². The molecule has 21 heavy (non-hydrogen) atoms. The predicted octanol–water partition coefficient (Wildman–Crippen LogP) is 1.70. The lowest BCUT2D eigenvalue weighted by molar-refractivity contribution is -0.383. The quantitative estimate of drug-likeness (QED) is 0.434. The van der Waals surface area contributed by atoms with Crippen LogP contribution in [0.2, 0.25) is 0 Å². The van der Waals surface area contributed by atoms with E-state index in [-0.39, 0.29) is 29.0 Å². The van der Waals surface area contributed by atoms with Crippen molar-refractivity contribution in [2.45, 2.75) is 33.2 Å². The van der Waals surface area contributed by atoms with Crippen LogP contribution in [0.4, 0.5) is 11.4 Å². The topological polar surface area (TPSA) is 118 Å². The van der Waals surface area contributed by atoms with E-state index in [0.29, 0.717) is 6.42 Å². The molecule has 1 amide bonds. The highest BCUT2D eigenvalue weighted by molar-refractivity contribution is 5.95. The number of nitrogens with one attached hydrogen (secondary N) is 1. The molecule has 1 aromatic rings. The van der Waals surface area contributed by atoms with Crippen molar-refractivity contribution in [2.75, 3.05) is 12.3 Å². The molecule has 0 saturated heterocycles. The van der Waals surface area contributed by atoms with Crippen molar-refractivity contribution in [3.05, 3.63) is 33.9 Å². The third-order valence-electron chi connectivity index (χ3n) is 2.90. The van der Waals surface area contributed by atoms with E-state index in [1.807, 2.05) is 20.8 Å². The molecule has 0 aliphatic heterocycles. The first-order valence-electron chi connectivity index (χ1n) is 6.59. The normalized spacial score (nSPS) is 12.8. The maximum absolute atomic E-state index is 12.1. The second-order valence-corrected chi connectivity index (χ2v) is 6.15. The molecule has 0 spiro atoms. The van der Waals surface area contributed by atoms with E-state index in [0.717, 1.165) is 6.07 Å². The number of hydrogen-bond donors (Lipinski definition) is 3. The number of nitro groups is 1. The molecule has 1 aromatic carbocycles. The minimum Gasteiger partial charge on any atom is -0.394 e. The van der Waals surface area contributed by atoms with Crippen molar-refractivity contribution in [1.82, 2.24) is 5.32 Å². The van der Waals surface area contributed by atoms with Gasteiger partial charge in [-0.15, -0.1) is 0 Å². The number of nitro benzene ring substituents is 1. The van der Waals surface area contributed by atoms with Crippen molar-refractivity contribution in [1.29, 1.82) is 0 Å². The molecule has 7 nitrogen and oxygen atoms in total. The molecule has 7 heteroatoms. The number of rotatable bonds is 5. The molecule has 0 aliphatic rings. The summed E-state index contributed by atoms with van der Waals surface area (Å²) in [4.78, 5) is 22.3. The van der Waals surface area contributed by atoms with E-state index in [1.165, 1.54) is 12.1 Å². The molecule has 0 fully saturated rings. The monoisotopic (exact) mass is 295 g/mol. The number of amides is 1. The smallest absolute Gasteiger partial charge is 0.292 e. The van der Waals surface area contributed by atoms with Crippen LogP contribution >= 0.6 is 0 Å². The van der Waals surface area contributed by atoms with Crippen LogP contribution in [-0.2, 0) is 0 Å². The maximum Gasteiger partial charge on any atom is 0.292 e. The second kappa shape index (κ2) is 6.53. The SMILES string of the molecule is CC(C)(C)CC(CO)NC(=O)c1ccc(N)c([N+](=O)[O-])c1. The van der Waals surface area contributed by atoms with Crippen molar-refractivity contribution in [3.63, 3.8) is 0 Å². The van der Waals surface area contributed by atoms with Crippen LogP contribution in [0.3, 0.4) is 0 Å². The summed E-state index contributed by atoms with van der Waals surface area (Å²) in [6.07, 6.45) is 0.590. The maximum atomic E-state index is 12.1. The van der Waals surface area contributed by atoms with Gasteiger partial charge >= 0.3 is 0 Å². The summed E-state index contributed by atoms with van der Waals surface area (Å²) in [6.45, 7) is 5.79. The van der Waals surface area contributed by atoms with E-state index < -0.39 is 16.9 Å². The summed E-state index contributed by atoms with van der Waals surface area (Å²) in [6, 6.07) is 3.47. The van der Waals surface area contributed by atoms with Gasteiger partial charge in [-0.2, -0.15) is 0 Å². The van der Waals surface area contributed by atoms with E-state index in [9.17, 15) is 20.0 Å². The Morgan fingerprint density at radius 1 is 1.48 bits per heavy atom. The minimum atomic E-state index is -0.634. The fraction of sp³-hybridized carbons (Fsp3) is 0.500. The van der Waals surface area contributed by atoms with Crippen LogP contribution in [0.5, 0.6) is 0 Å². The summed E-state index contributed by atoms with van der Waals surface area (Å²) in [5.41, 5.74) is 5.27. The number of anilines is 1. The predicted molar refractivity (Wildman–Crippen MR) is 79.9 cm³/mol. The van der Waals surface area contributed by atoms with Crippen molar-refractivity contribution in [3.8, 4) is 0 Å². The summed E-state index contributed by atoms with van der Waals surface area (Å²) >= 11 is 0. The van der Waals surface area contributed by atoms with Crippen LogP contribution in [0, 0.1) is 15.5 Å². The molecule has 1 unspecified atom stereocenters. The number of carbonyl (C=O) groups excluding carboxylic acids is 1. The van der Waals surface area contributed by atoms with Crippen molar-refractivity contribution in [2.24, 2.45) is 5.41 Å². The van der Waals surface area contributed by atoms with Crippen molar-refractivity contribution >= 4 is 17.3 Å². The Labute approximate surface area is 123 Å². The Bertz CT molecular complexity index is 538. The summed E-state index contributed by atoms with van der Waals surface area (Å²) in [5.74, 6) is -0.471. The molecule has 4 N–H and O–H groups in total. The first kappa shape index (κ1) is 16.9. The third-order valence-corrected chi connectivity index (χ3v) is 2.90. The van der Waals surface area contributed by atoms with Gasteiger partial charge in [0.05, 0.1) is 17.6 Å². The molecule has 1 atom stereocenters. The van der Waals surface area contributed by atoms with Gasteiger partial charge in [0.1, 0.15) is 5.69 Å². The molecule has 0 saturated carbocycles. The van der Waals surface area contributed by atoms with E-state index in [4.69, 9.17) is 5.73 Å². The summed E-state index contributed by atoms with van der Waals surface area (Å²) in [7, 11) is 0. The molecule has 0 heterocycles. The fourth-order valence-corrected chi connectivity index (χ4v) is 2.01. The van der Waals surface area contributed by atoms with Gasteiger partial charge in [-0.3, -0.25) is 14.9 Å². The van der Waals surface area contributed by atoms with Crippen LogP contribution in [0.1, 0.15) is 37.6 Å². The summed E-state index contributed by atoms with van der Waals surface area (Å²) < 4.78 is 0. The Morgan fingerprint density at radius 2 is 2.10 bits per heavy atom. The number of hydrogen-bond acceptors (Lipinski definition) is 5. The lowest BCUT2D eigenvalue weighted by atomic mass is 9.88. The zero-order valence-corrected chi connectivity index (χ0v) is 12.4. The highest BCUT2D eigenvalue weighted by atomic mass is 16.6. The number of benzene rings is 1. The first-order valence-corrected chi connectivity index (χ1v) is 6.59. The molecular formula is C14H21N3O4. The number of nitrogens with two attached hydrogens (primary N) is 1. The molecule has 0 aromatic heterocycles. The van der Waals surface area contributed by atoms with Gasteiger partial charge in [-0.25, -0.2) is 0 Å². The van der Waals surface area contributed by atoms with Gasteiger partial charge in [-0.1, -0.05) is 20.8 Å². The van der Waals surface area contributed by atoms with Crippen LogP contribution < -0.4 is 11.1 Å². The average Bonchev–Trinajstić information content (AvgIpc) is 2.36. The van der Waals surface area contributed by atoms with Crippen LogP contribution in [0.25, 0.3) is 0 Å². The number of nitrogens with zero attached hydrogens (tertiary/aromatic N) is 1. The second-order valence-electron chi connectivity index (χ2n) is 6.15. The number of carbonyl (C=O) groups is 1. The standard InChI is InChI=1S/C14H21N3O4/c1-14(2,3)7-10(8-18)16-13(19)9-4-5-11(15)12(6-9)17(20)21/h4-6,10,18H,7-8,15H2,1-3H3,(H,16,19). The lowest BCUT2D eigenvalue weighted by Gasteiger charge is -2.25. The van der Waals surface area contributed by atoms with Gasteiger partial charge in [0.2, 0.25) is 0 Å². The Hall–Kier alpha value is -2.15. The molecule has 116 valence electrons. The Morgan fingerprint density at radius 3 is 2.57 bits per heavy atom. The third kappa shape index (κ3) is 5.03. The largest absolute Gasteiger partial charge is 0.394 e. The van der Waals surface area contributed by atoms with Gasteiger partial charge in [0.15, 0.2) is 0 Å². The fourth-order valence-electron chi connectivity index (χ4n) is 2.01. The van der Waals surface area contributed by atoms with Crippen molar-refractivity contribution < 1.29 is 14.8 Å². The first-order chi connectivity index (χ1) is 9.64. The Balaban J connectivity index is 2.88. The van der Waals surface area contributed by atoms with Crippen LogP contribution in [0.15, 0.2) is 18.2 Å². The molecule has 0 bridgehead atoms. The van der Waals surface area contributed by atoms with E-state index in [1.54, 1.807) is 0 Å². The minimum absolute atomic E-state index is 0.00458. The number of aliphatic hydroxyl groups excluding tert-OH is 1. The van der Waals surface area contributed by atoms with E-state index >= 15 is 0 Å².